The quantitative estimate of drug-likeness (QED) is 0.366. The number of amides is 1. The van der Waals surface area contributed by atoms with Crippen LogP contribution in [-0.2, 0) is 0 Å². The smallest absolute Gasteiger partial charge is 0.264 e. The molecule has 10 heteroatoms. The Labute approximate surface area is 218 Å². The fourth-order valence-corrected chi connectivity index (χ4v) is 5.61. The Bertz CT molecular complexity index is 1530. The van der Waals surface area contributed by atoms with Gasteiger partial charge in [0.15, 0.2) is 11.5 Å². The summed E-state index contributed by atoms with van der Waals surface area (Å²) in [5.74, 6) is 1.70. The van der Waals surface area contributed by atoms with Crippen molar-refractivity contribution in [1.82, 2.24) is 15.0 Å². The number of aromatic nitrogens is 2. The lowest BCUT2D eigenvalue weighted by atomic mass is 10.1. The Morgan fingerprint density at radius 2 is 1.86 bits per heavy atom. The van der Waals surface area contributed by atoms with Crippen molar-refractivity contribution in [2.45, 2.75) is 32.2 Å². The van der Waals surface area contributed by atoms with E-state index in [-0.39, 0.29) is 23.4 Å². The standard InChI is InChI=1S/C27H28ClN3O6/c1-14-22-24(30-37-14)23-18(28)6-5-7-19(23)31(27(22)33)17-9-8-15(10-17)13-29-26(32)16-11-20(34-2)25(36-4)21(12-16)35-3/h5-7,11-12,15,17H,8-10,13H2,1-4H3,(H,29,32). The lowest BCUT2D eigenvalue weighted by Gasteiger charge is -2.19. The highest BCUT2D eigenvalue weighted by molar-refractivity contribution is 6.37. The van der Waals surface area contributed by atoms with Crippen molar-refractivity contribution in [2.75, 3.05) is 27.9 Å². The van der Waals surface area contributed by atoms with Gasteiger partial charge in [0, 0.05) is 23.5 Å². The maximum absolute atomic E-state index is 13.6. The predicted molar refractivity (Wildman–Crippen MR) is 140 cm³/mol. The van der Waals surface area contributed by atoms with Crippen LogP contribution in [0.2, 0.25) is 5.02 Å². The fourth-order valence-electron chi connectivity index (χ4n) is 5.35. The molecule has 1 aliphatic rings. The second-order valence-electron chi connectivity index (χ2n) is 9.23. The number of pyridine rings is 1. The molecule has 5 rings (SSSR count). The number of halogens is 1. The summed E-state index contributed by atoms with van der Waals surface area (Å²) < 4.78 is 23.2. The molecule has 2 atom stereocenters. The van der Waals surface area contributed by atoms with Crippen LogP contribution in [-0.4, -0.2) is 43.5 Å². The van der Waals surface area contributed by atoms with Crippen molar-refractivity contribution in [3.63, 3.8) is 0 Å². The summed E-state index contributed by atoms with van der Waals surface area (Å²) in [6.07, 6.45) is 2.42. The molecule has 0 spiro atoms. The topological polar surface area (TPSA) is 105 Å². The van der Waals surface area contributed by atoms with Crippen molar-refractivity contribution in [2.24, 2.45) is 5.92 Å². The van der Waals surface area contributed by atoms with Crippen LogP contribution < -0.4 is 25.1 Å². The van der Waals surface area contributed by atoms with Crippen LogP contribution in [0.15, 0.2) is 39.6 Å². The number of ether oxygens (including phenoxy) is 3. The number of hydrogen-bond acceptors (Lipinski definition) is 7. The third-order valence-corrected chi connectivity index (χ3v) is 7.46. The molecule has 0 bridgehead atoms. The summed E-state index contributed by atoms with van der Waals surface area (Å²) in [6.45, 7) is 2.22. The zero-order chi connectivity index (χ0) is 26.3. The molecule has 2 unspecified atom stereocenters. The van der Waals surface area contributed by atoms with E-state index in [1.807, 2.05) is 16.7 Å². The number of methoxy groups -OCH3 is 3. The first kappa shape index (κ1) is 25.0. The molecule has 1 amide bonds. The van der Waals surface area contributed by atoms with Gasteiger partial charge in [-0.3, -0.25) is 9.59 Å². The molecule has 1 saturated carbocycles. The monoisotopic (exact) mass is 525 g/mol. The Morgan fingerprint density at radius 3 is 2.54 bits per heavy atom. The van der Waals surface area contributed by atoms with Gasteiger partial charge in [-0.15, -0.1) is 0 Å². The Hall–Kier alpha value is -3.72. The minimum absolute atomic E-state index is 0.0322. The number of carbonyl (C=O) groups excluding carboxylic acids is 1. The van der Waals surface area contributed by atoms with E-state index in [0.29, 0.717) is 51.0 Å². The molecule has 1 N–H and O–H groups in total. The minimum Gasteiger partial charge on any atom is -0.493 e. The number of carbonyl (C=O) groups is 1. The van der Waals surface area contributed by atoms with E-state index in [1.54, 1.807) is 25.1 Å². The molecular formula is C27H28ClN3O6. The summed E-state index contributed by atoms with van der Waals surface area (Å²) in [6, 6.07) is 8.74. The first-order valence-corrected chi connectivity index (χ1v) is 12.4. The molecule has 2 aromatic heterocycles. The molecule has 2 aromatic carbocycles. The number of hydrogen-bond donors (Lipinski definition) is 1. The molecule has 9 nitrogen and oxygen atoms in total. The second kappa shape index (κ2) is 9.97. The summed E-state index contributed by atoms with van der Waals surface area (Å²) in [4.78, 5) is 26.5. The summed E-state index contributed by atoms with van der Waals surface area (Å²) in [7, 11) is 4.53. The van der Waals surface area contributed by atoms with E-state index >= 15 is 0 Å². The first-order valence-electron chi connectivity index (χ1n) is 12.0. The van der Waals surface area contributed by atoms with Gasteiger partial charge in [0.25, 0.3) is 11.5 Å². The number of nitrogens with one attached hydrogen (secondary N) is 1. The number of rotatable bonds is 7. The van der Waals surface area contributed by atoms with Gasteiger partial charge in [-0.25, -0.2) is 0 Å². The largest absolute Gasteiger partial charge is 0.493 e. The van der Waals surface area contributed by atoms with E-state index in [2.05, 4.69) is 10.5 Å². The second-order valence-corrected chi connectivity index (χ2v) is 9.64. The van der Waals surface area contributed by atoms with Gasteiger partial charge in [-0.1, -0.05) is 22.8 Å². The van der Waals surface area contributed by atoms with E-state index in [9.17, 15) is 9.59 Å². The van der Waals surface area contributed by atoms with Crippen molar-refractivity contribution in [3.8, 4) is 17.2 Å². The van der Waals surface area contributed by atoms with Crippen LogP contribution >= 0.6 is 11.6 Å². The minimum atomic E-state index is -0.237. The van der Waals surface area contributed by atoms with Crippen molar-refractivity contribution < 1.29 is 23.5 Å². The highest BCUT2D eigenvalue weighted by Gasteiger charge is 2.30. The highest BCUT2D eigenvalue weighted by Crippen LogP contribution is 2.39. The van der Waals surface area contributed by atoms with Gasteiger partial charge < -0.3 is 28.6 Å². The van der Waals surface area contributed by atoms with Crippen LogP contribution in [0.25, 0.3) is 21.8 Å². The number of aryl methyl sites for hydroxylation is 1. The number of nitrogens with zero attached hydrogens (tertiary/aromatic N) is 2. The van der Waals surface area contributed by atoms with Gasteiger partial charge in [0.1, 0.15) is 16.7 Å². The van der Waals surface area contributed by atoms with Gasteiger partial charge in [-0.05, 0) is 56.4 Å². The Morgan fingerprint density at radius 1 is 1.14 bits per heavy atom. The maximum Gasteiger partial charge on any atom is 0.264 e. The first-order chi connectivity index (χ1) is 17.9. The van der Waals surface area contributed by atoms with E-state index in [1.165, 1.54) is 21.3 Å². The number of benzene rings is 2. The fraction of sp³-hybridized carbons (Fsp3) is 0.370. The summed E-state index contributed by atoms with van der Waals surface area (Å²) >= 11 is 6.54. The molecule has 4 aromatic rings. The highest BCUT2D eigenvalue weighted by atomic mass is 35.5. The summed E-state index contributed by atoms with van der Waals surface area (Å²) in [5.41, 5.74) is 1.52. The van der Waals surface area contributed by atoms with E-state index in [0.717, 1.165) is 30.2 Å². The van der Waals surface area contributed by atoms with Crippen LogP contribution in [0, 0.1) is 12.8 Å². The van der Waals surface area contributed by atoms with Gasteiger partial charge >= 0.3 is 0 Å². The van der Waals surface area contributed by atoms with Gasteiger partial charge in [-0.2, -0.15) is 0 Å². The van der Waals surface area contributed by atoms with Crippen molar-refractivity contribution in [3.05, 3.63) is 57.0 Å². The third-order valence-electron chi connectivity index (χ3n) is 7.14. The summed E-state index contributed by atoms with van der Waals surface area (Å²) in [5, 5.41) is 8.84. The molecule has 37 heavy (non-hydrogen) atoms. The molecule has 0 saturated heterocycles. The zero-order valence-electron chi connectivity index (χ0n) is 21.1. The van der Waals surface area contributed by atoms with Gasteiger partial charge in [0.2, 0.25) is 5.75 Å². The molecule has 1 aliphatic carbocycles. The average molecular weight is 526 g/mol. The molecular weight excluding hydrogens is 498 g/mol. The van der Waals surface area contributed by atoms with Crippen LogP contribution in [0.1, 0.15) is 41.4 Å². The van der Waals surface area contributed by atoms with Gasteiger partial charge in [0.05, 0.1) is 31.9 Å². The zero-order valence-corrected chi connectivity index (χ0v) is 21.8. The van der Waals surface area contributed by atoms with Crippen LogP contribution in [0.4, 0.5) is 0 Å². The Balaban J connectivity index is 1.38. The van der Waals surface area contributed by atoms with Crippen molar-refractivity contribution in [1.29, 1.82) is 0 Å². The SMILES string of the molecule is COc1cc(C(=O)NCC2CCC(n3c(=O)c4c(C)onc4c4c(Cl)cccc43)C2)cc(OC)c1OC. The Kier molecular flexibility index (Phi) is 6.72. The average Bonchev–Trinajstić information content (AvgIpc) is 3.53. The molecule has 0 aliphatic heterocycles. The predicted octanol–water partition coefficient (Wildman–Crippen LogP) is 4.90. The molecule has 0 radical (unpaired) electrons. The van der Waals surface area contributed by atoms with Crippen LogP contribution in [0.3, 0.4) is 0 Å². The van der Waals surface area contributed by atoms with E-state index < -0.39 is 0 Å². The van der Waals surface area contributed by atoms with E-state index in [4.69, 9.17) is 30.3 Å². The normalized spacial score (nSPS) is 17.3. The molecule has 2 heterocycles. The van der Waals surface area contributed by atoms with Crippen LogP contribution in [0.5, 0.6) is 17.2 Å². The lowest BCUT2D eigenvalue weighted by Crippen LogP contribution is -2.29. The number of fused-ring (bicyclic) bond motifs is 3. The molecule has 194 valence electrons. The van der Waals surface area contributed by atoms with Crippen molar-refractivity contribution >= 4 is 39.3 Å². The maximum atomic E-state index is 13.6. The lowest BCUT2D eigenvalue weighted by molar-refractivity contribution is 0.0946. The molecule has 1 fully saturated rings. The third kappa shape index (κ3) is 4.27.